The number of aromatic nitrogens is 1. The predicted octanol–water partition coefficient (Wildman–Crippen LogP) is 7.23. The largest absolute Gasteiger partial charge is 0.496 e. The summed E-state index contributed by atoms with van der Waals surface area (Å²) in [5, 5.41) is 6.56. The van der Waals surface area contributed by atoms with E-state index in [0.29, 0.717) is 30.2 Å². The number of H-pyrrole nitrogens is 1. The van der Waals surface area contributed by atoms with Gasteiger partial charge < -0.3 is 24.8 Å². The number of fused-ring (bicyclic) bond motifs is 3. The number of imide groups is 1. The number of hydrogen-bond donors (Lipinski definition) is 3. The van der Waals surface area contributed by atoms with Crippen LogP contribution in [-0.4, -0.2) is 91.5 Å². The highest BCUT2D eigenvalue weighted by molar-refractivity contribution is 6.01. The number of nitrogens with zero attached hydrogens (tertiary/aromatic N) is 3. The van der Waals surface area contributed by atoms with E-state index >= 15 is 4.39 Å². The summed E-state index contributed by atoms with van der Waals surface area (Å²) in [6, 6.07) is 18.6. The van der Waals surface area contributed by atoms with Gasteiger partial charge in [-0.2, -0.15) is 0 Å². The van der Waals surface area contributed by atoms with Gasteiger partial charge in [-0.05, 0) is 106 Å². The highest BCUT2D eigenvalue weighted by Gasteiger charge is 2.39. The molecule has 292 valence electrons. The van der Waals surface area contributed by atoms with Crippen LogP contribution in [0.15, 0.2) is 60.7 Å². The van der Waals surface area contributed by atoms with Gasteiger partial charge in [0.05, 0.1) is 19.7 Å². The predicted molar refractivity (Wildman–Crippen MR) is 209 cm³/mol. The SMILES string of the molecule is COc1cc(N2CCC(CN3CCC(c4ccc(N[C@H]5CCC(=O)NC5=O)cc4F)CC3)CC2)ccc1[C@@H]1c2[nH]c3ccccc3c2C[C@@H](C)N1CC(F)F. The fourth-order valence-corrected chi connectivity index (χ4v) is 9.55. The van der Waals surface area contributed by atoms with Crippen molar-refractivity contribution in [2.75, 3.05) is 56.6 Å². The zero-order chi connectivity index (χ0) is 38.2. The van der Waals surface area contributed by atoms with Gasteiger partial charge >= 0.3 is 0 Å². The third kappa shape index (κ3) is 7.80. The minimum absolute atomic E-state index is 0.0660. The number of rotatable bonds is 10. The molecule has 55 heavy (non-hydrogen) atoms. The van der Waals surface area contributed by atoms with Crippen LogP contribution < -0.4 is 20.3 Å². The molecule has 12 heteroatoms. The van der Waals surface area contributed by atoms with Crippen molar-refractivity contribution in [1.29, 1.82) is 0 Å². The first-order chi connectivity index (χ1) is 26.6. The third-order valence-electron chi connectivity index (χ3n) is 12.5. The molecule has 8 rings (SSSR count). The van der Waals surface area contributed by atoms with Crippen molar-refractivity contribution in [3.05, 3.63) is 88.9 Å². The molecular formula is C43H51F3N6O3. The number of carbonyl (C=O) groups is 2. The maximum absolute atomic E-state index is 15.3. The van der Waals surface area contributed by atoms with Crippen molar-refractivity contribution in [3.8, 4) is 5.75 Å². The Labute approximate surface area is 320 Å². The normalized spacial score (nSPS) is 23.3. The Morgan fingerprint density at radius 2 is 1.69 bits per heavy atom. The lowest BCUT2D eigenvalue weighted by Crippen LogP contribution is -2.47. The molecule has 1 aromatic heterocycles. The quantitative estimate of drug-likeness (QED) is 0.147. The van der Waals surface area contributed by atoms with Crippen molar-refractivity contribution in [2.24, 2.45) is 5.92 Å². The number of anilines is 2. The minimum Gasteiger partial charge on any atom is -0.496 e. The summed E-state index contributed by atoms with van der Waals surface area (Å²) in [6.07, 6.45) is 2.86. The first-order valence-corrected chi connectivity index (χ1v) is 19.8. The molecular weight excluding hydrogens is 706 g/mol. The van der Waals surface area contributed by atoms with E-state index in [1.807, 2.05) is 42.2 Å². The second kappa shape index (κ2) is 15.9. The van der Waals surface area contributed by atoms with Crippen LogP contribution in [0.5, 0.6) is 5.75 Å². The van der Waals surface area contributed by atoms with Crippen LogP contribution in [0.4, 0.5) is 24.5 Å². The van der Waals surface area contributed by atoms with E-state index in [1.54, 1.807) is 7.11 Å². The molecule has 3 atom stereocenters. The monoisotopic (exact) mass is 756 g/mol. The Kier molecular flexibility index (Phi) is 10.8. The van der Waals surface area contributed by atoms with Crippen LogP contribution in [-0.2, 0) is 16.0 Å². The fourth-order valence-electron chi connectivity index (χ4n) is 9.55. The van der Waals surface area contributed by atoms with E-state index < -0.39 is 12.5 Å². The molecule has 3 aromatic carbocycles. The summed E-state index contributed by atoms with van der Waals surface area (Å²) in [7, 11) is 1.67. The van der Waals surface area contributed by atoms with Crippen LogP contribution >= 0.6 is 0 Å². The number of carbonyl (C=O) groups excluding carboxylic acids is 2. The number of alkyl halides is 2. The number of amides is 2. The Balaban J connectivity index is 0.874. The van der Waals surface area contributed by atoms with Crippen LogP contribution in [0.3, 0.4) is 0 Å². The average molecular weight is 757 g/mol. The molecule has 0 bridgehead atoms. The zero-order valence-corrected chi connectivity index (χ0v) is 31.6. The van der Waals surface area contributed by atoms with Crippen molar-refractivity contribution in [1.82, 2.24) is 20.1 Å². The topological polar surface area (TPSA) is 92.9 Å². The number of nitrogens with one attached hydrogen (secondary N) is 3. The van der Waals surface area contributed by atoms with Crippen molar-refractivity contribution in [3.63, 3.8) is 0 Å². The Bertz CT molecular complexity index is 2020. The fraction of sp³-hybridized carbons (Fsp3) is 0.488. The number of ether oxygens (including phenoxy) is 1. The molecule has 5 heterocycles. The number of aromatic amines is 1. The van der Waals surface area contributed by atoms with E-state index in [-0.39, 0.29) is 48.6 Å². The number of para-hydroxylation sites is 1. The van der Waals surface area contributed by atoms with Crippen molar-refractivity contribution < 1.29 is 27.5 Å². The lowest BCUT2D eigenvalue weighted by atomic mass is 9.87. The summed E-state index contributed by atoms with van der Waals surface area (Å²) in [5.74, 6) is 0.546. The van der Waals surface area contributed by atoms with Crippen LogP contribution in [0.1, 0.15) is 79.8 Å². The maximum Gasteiger partial charge on any atom is 0.251 e. The van der Waals surface area contributed by atoms with Crippen molar-refractivity contribution >= 4 is 34.1 Å². The molecule has 0 aliphatic carbocycles. The van der Waals surface area contributed by atoms with Gasteiger partial charge in [0.15, 0.2) is 0 Å². The summed E-state index contributed by atoms with van der Waals surface area (Å²) in [6.45, 7) is 6.48. The number of piperidine rings is 3. The van der Waals surface area contributed by atoms with Crippen LogP contribution in [0.25, 0.3) is 10.9 Å². The standard InChI is InChI=1S/C43H51F3N6O3/c1-26-21-34-32-5-3-4-6-36(32)48-41(34)42(52(26)25-39(45)46)33-10-8-30(23-38(33)55-2)51-19-13-27(14-20-51)24-50-17-15-28(16-18-50)31-9-7-29(22-35(31)44)47-37-11-12-40(53)49-43(37)54/h3-10,22-23,26-28,37,39,42,47-48H,11-21,24-25H2,1-2H3,(H,49,53,54)/t26-,37+,42-/m1/s1. The van der Waals surface area contributed by atoms with Gasteiger partial charge in [0, 0.05) is 71.7 Å². The first-order valence-electron chi connectivity index (χ1n) is 19.8. The second-order valence-electron chi connectivity index (χ2n) is 15.9. The Morgan fingerprint density at radius 1 is 0.927 bits per heavy atom. The van der Waals surface area contributed by atoms with Crippen molar-refractivity contribution in [2.45, 2.75) is 82.3 Å². The van der Waals surface area contributed by atoms with Crippen LogP contribution in [0, 0.1) is 11.7 Å². The Morgan fingerprint density at radius 3 is 2.42 bits per heavy atom. The molecule has 9 nitrogen and oxygen atoms in total. The van der Waals surface area contributed by atoms with Gasteiger partial charge in [0.1, 0.15) is 17.6 Å². The summed E-state index contributed by atoms with van der Waals surface area (Å²) in [5.41, 5.74) is 6.44. The van der Waals surface area contributed by atoms with Gasteiger partial charge in [0.2, 0.25) is 11.8 Å². The summed E-state index contributed by atoms with van der Waals surface area (Å²) in [4.78, 5) is 34.0. The lowest BCUT2D eigenvalue weighted by Gasteiger charge is -2.41. The first kappa shape index (κ1) is 37.4. The number of benzene rings is 3. The van der Waals surface area contributed by atoms with Gasteiger partial charge in [-0.25, -0.2) is 13.2 Å². The molecule has 0 spiro atoms. The Hall–Kier alpha value is -4.55. The smallest absolute Gasteiger partial charge is 0.251 e. The zero-order valence-electron chi connectivity index (χ0n) is 31.6. The number of halogens is 3. The molecule has 3 fully saturated rings. The lowest BCUT2D eigenvalue weighted by molar-refractivity contribution is -0.133. The molecule has 3 N–H and O–H groups in total. The molecule has 0 unspecified atom stereocenters. The molecule has 3 saturated heterocycles. The summed E-state index contributed by atoms with van der Waals surface area (Å²) < 4.78 is 49.3. The van der Waals surface area contributed by atoms with Crippen LogP contribution in [0.2, 0.25) is 0 Å². The molecule has 0 radical (unpaired) electrons. The maximum atomic E-state index is 15.3. The molecule has 0 saturated carbocycles. The van der Waals surface area contributed by atoms with Gasteiger partial charge in [-0.1, -0.05) is 30.3 Å². The highest BCUT2D eigenvalue weighted by Crippen LogP contribution is 2.45. The van der Waals surface area contributed by atoms with E-state index in [9.17, 15) is 18.4 Å². The highest BCUT2D eigenvalue weighted by atomic mass is 19.3. The van der Waals surface area contributed by atoms with Gasteiger partial charge in [-0.15, -0.1) is 0 Å². The minimum atomic E-state index is -2.45. The molecule has 4 aromatic rings. The summed E-state index contributed by atoms with van der Waals surface area (Å²) >= 11 is 0. The third-order valence-corrected chi connectivity index (χ3v) is 12.5. The molecule has 4 aliphatic heterocycles. The molecule has 2 amide bonds. The second-order valence-corrected chi connectivity index (χ2v) is 15.9. The van der Waals surface area contributed by atoms with Gasteiger partial charge in [-0.3, -0.25) is 19.8 Å². The number of likely N-dealkylation sites (tertiary alicyclic amines) is 1. The van der Waals surface area contributed by atoms with E-state index in [4.69, 9.17) is 4.74 Å². The van der Waals surface area contributed by atoms with E-state index in [0.717, 1.165) is 91.8 Å². The number of hydrogen-bond acceptors (Lipinski definition) is 7. The number of methoxy groups -OCH3 is 1. The van der Waals surface area contributed by atoms with E-state index in [2.05, 4.69) is 49.7 Å². The van der Waals surface area contributed by atoms with E-state index in [1.165, 1.54) is 11.6 Å². The average Bonchev–Trinajstić information content (AvgIpc) is 3.54. The molecule has 4 aliphatic rings. The van der Waals surface area contributed by atoms with Gasteiger partial charge in [0.25, 0.3) is 6.43 Å².